The van der Waals surface area contributed by atoms with Crippen molar-refractivity contribution in [3.8, 4) is 0 Å². The molecule has 0 aliphatic carbocycles. The van der Waals surface area contributed by atoms with E-state index in [-0.39, 0.29) is 16.5 Å². The number of aromatic nitrogens is 1. The number of ether oxygens (including phenoxy) is 1. The summed E-state index contributed by atoms with van der Waals surface area (Å²) in [6.45, 7) is 7.11. The van der Waals surface area contributed by atoms with Crippen LogP contribution in [0.25, 0.3) is 0 Å². The highest BCUT2D eigenvalue weighted by atomic mass is 35.5. The quantitative estimate of drug-likeness (QED) is 0.607. The number of carbonyl (C=O) groups excluding carboxylic acids is 1. The summed E-state index contributed by atoms with van der Waals surface area (Å²) in [5, 5.41) is 0.266. The fraction of sp³-hybridized carbons (Fsp3) is 0.455. The van der Waals surface area contributed by atoms with Crippen molar-refractivity contribution in [3.63, 3.8) is 0 Å². The van der Waals surface area contributed by atoms with Gasteiger partial charge in [0.15, 0.2) is 0 Å². The van der Waals surface area contributed by atoms with Gasteiger partial charge in [-0.2, -0.15) is 0 Å². The van der Waals surface area contributed by atoms with Crippen LogP contribution in [-0.2, 0) is 4.74 Å². The van der Waals surface area contributed by atoms with Gasteiger partial charge in [-0.3, -0.25) is 0 Å². The largest absolute Gasteiger partial charge is 0.456 e. The Hall–Kier alpha value is -1.29. The molecule has 0 atom stereocenters. The highest BCUT2D eigenvalue weighted by Crippen LogP contribution is 2.21. The normalized spacial score (nSPS) is 11.3. The first-order valence-electron chi connectivity index (χ1n) is 4.86. The molecule has 1 heterocycles. The van der Waals surface area contributed by atoms with Crippen LogP contribution < -0.4 is 5.73 Å². The maximum absolute atomic E-state index is 11.8. The van der Waals surface area contributed by atoms with Crippen molar-refractivity contribution in [1.82, 2.24) is 4.98 Å². The van der Waals surface area contributed by atoms with Gasteiger partial charge in [0, 0.05) is 0 Å². The van der Waals surface area contributed by atoms with Crippen molar-refractivity contribution in [3.05, 3.63) is 22.3 Å². The summed E-state index contributed by atoms with van der Waals surface area (Å²) >= 11 is 5.72. The molecule has 88 valence electrons. The van der Waals surface area contributed by atoms with Gasteiger partial charge in [-0.05, 0) is 39.3 Å². The first-order chi connectivity index (χ1) is 7.20. The maximum Gasteiger partial charge on any atom is 0.342 e. The molecule has 0 bridgehead atoms. The Morgan fingerprint density at radius 2 is 2.06 bits per heavy atom. The van der Waals surface area contributed by atoms with Crippen LogP contribution in [0.3, 0.4) is 0 Å². The van der Waals surface area contributed by atoms with Crippen molar-refractivity contribution in [2.24, 2.45) is 0 Å². The van der Waals surface area contributed by atoms with Crippen LogP contribution in [0.4, 0.5) is 5.82 Å². The van der Waals surface area contributed by atoms with E-state index < -0.39 is 11.6 Å². The molecule has 0 spiro atoms. The van der Waals surface area contributed by atoms with Gasteiger partial charge in [-0.1, -0.05) is 11.6 Å². The van der Waals surface area contributed by atoms with Crippen LogP contribution in [0.1, 0.15) is 36.7 Å². The first kappa shape index (κ1) is 12.8. The van der Waals surface area contributed by atoms with Crippen molar-refractivity contribution in [1.29, 1.82) is 0 Å². The highest BCUT2D eigenvalue weighted by Gasteiger charge is 2.22. The van der Waals surface area contributed by atoms with Gasteiger partial charge in [0.25, 0.3) is 0 Å². The molecule has 1 rings (SSSR count). The molecule has 16 heavy (non-hydrogen) atoms. The van der Waals surface area contributed by atoms with Crippen LogP contribution >= 0.6 is 11.6 Å². The Balaban J connectivity index is 3.10. The molecule has 0 amide bonds. The summed E-state index contributed by atoms with van der Waals surface area (Å²) in [4.78, 5) is 15.7. The third kappa shape index (κ3) is 3.10. The number of nitrogens with zero attached hydrogens (tertiary/aromatic N) is 1. The lowest BCUT2D eigenvalue weighted by molar-refractivity contribution is 0.00697. The fourth-order valence-electron chi connectivity index (χ4n) is 1.25. The lowest BCUT2D eigenvalue weighted by Crippen LogP contribution is -2.25. The lowest BCUT2D eigenvalue weighted by atomic mass is 10.1. The Morgan fingerprint density at radius 1 is 1.50 bits per heavy atom. The van der Waals surface area contributed by atoms with E-state index in [4.69, 9.17) is 22.1 Å². The van der Waals surface area contributed by atoms with Crippen molar-refractivity contribution in [2.75, 3.05) is 5.73 Å². The van der Waals surface area contributed by atoms with E-state index in [0.717, 1.165) is 0 Å². The molecule has 0 fully saturated rings. The molecule has 0 saturated heterocycles. The highest BCUT2D eigenvalue weighted by molar-refractivity contribution is 6.29. The van der Waals surface area contributed by atoms with Crippen molar-refractivity contribution in [2.45, 2.75) is 33.3 Å². The monoisotopic (exact) mass is 242 g/mol. The molecule has 1 aromatic heterocycles. The summed E-state index contributed by atoms with van der Waals surface area (Å²) in [5.74, 6) is -0.383. The summed E-state index contributed by atoms with van der Waals surface area (Å²) in [7, 11) is 0. The number of pyridine rings is 1. The van der Waals surface area contributed by atoms with E-state index in [2.05, 4.69) is 4.98 Å². The minimum absolute atomic E-state index is 0.0965. The van der Waals surface area contributed by atoms with E-state index in [9.17, 15) is 4.79 Å². The molecular weight excluding hydrogens is 228 g/mol. The third-order valence-electron chi connectivity index (χ3n) is 1.82. The molecule has 0 aromatic carbocycles. The van der Waals surface area contributed by atoms with Gasteiger partial charge in [0.05, 0.1) is 0 Å². The van der Waals surface area contributed by atoms with Gasteiger partial charge in [-0.25, -0.2) is 9.78 Å². The maximum atomic E-state index is 11.8. The van der Waals surface area contributed by atoms with Gasteiger partial charge in [-0.15, -0.1) is 0 Å². The molecule has 0 unspecified atom stereocenters. The number of nitrogen functional groups attached to an aromatic ring is 1. The average molecular weight is 243 g/mol. The number of hydrogen-bond donors (Lipinski definition) is 1. The van der Waals surface area contributed by atoms with Crippen molar-refractivity contribution < 1.29 is 9.53 Å². The van der Waals surface area contributed by atoms with Gasteiger partial charge in [0.1, 0.15) is 22.1 Å². The molecule has 0 radical (unpaired) electrons. The fourth-order valence-corrected chi connectivity index (χ4v) is 1.51. The summed E-state index contributed by atoms with van der Waals surface area (Å²) in [5.41, 5.74) is 6.02. The number of halogens is 1. The summed E-state index contributed by atoms with van der Waals surface area (Å²) < 4.78 is 5.22. The van der Waals surface area contributed by atoms with Gasteiger partial charge < -0.3 is 10.5 Å². The summed E-state index contributed by atoms with van der Waals surface area (Å²) in [6, 6.07) is 1.58. The SMILES string of the molecule is Cc1cc(Cl)nc(N)c1C(=O)OC(C)(C)C. The van der Waals surface area contributed by atoms with E-state index >= 15 is 0 Å². The van der Waals surface area contributed by atoms with Crippen LogP contribution in [0.5, 0.6) is 0 Å². The van der Waals surface area contributed by atoms with Gasteiger partial charge in [0.2, 0.25) is 0 Å². The zero-order valence-corrected chi connectivity index (χ0v) is 10.6. The molecule has 0 saturated carbocycles. The van der Waals surface area contributed by atoms with E-state index in [1.54, 1.807) is 33.8 Å². The number of carbonyl (C=O) groups is 1. The number of nitrogens with two attached hydrogens (primary N) is 1. The Labute approximate surface area is 99.8 Å². The van der Waals surface area contributed by atoms with Gasteiger partial charge >= 0.3 is 5.97 Å². The molecule has 0 aliphatic heterocycles. The van der Waals surface area contributed by atoms with E-state index in [1.165, 1.54) is 0 Å². The zero-order valence-electron chi connectivity index (χ0n) is 9.80. The zero-order chi connectivity index (χ0) is 12.5. The van der Waals surface area contributed by atoms with Crippen LogP contribution in [0, 0.1) is 6.92 Å². The van der Waals surface area contributed by atoms with Crippen LogP contribution in [-0.4, -0.2) is 16.6 Å². The minimum Gasteiger partial charge on any atom is -0.456 e. The Kier molecular flexibility index (Phi) is 3.43. The smallest absolute Gasteiger partial charge is 0.342 e. The number of rotatable bonds is 1. The topological polar surface area (TPSA) is 65.2 Å². The number of anilines is 1. The van der Waals surface area contributed by atoms with E-state index in [0.29, 0.717) is 5.56 Å². The molecule has 0 aliphatic rings. The second-order valence-electron chi connectivity index (χ2n) is 4.52. The average Bonchev–Trinajstić information content (AvgIpc) is 1.96. The second-order valence-corrected chi connectivity index (χ2v) is 4.91. The third-order valence-corrected chi connectivity index (χ3v) is 2.01. The van der Waals surface area contributed by atoms with Crippen molar-refractivity contribution >= 4 is 23.4 Å². The number of esters is 1. The Morgan fingerprint density at radius 3 is 2.50 bits per heavy atom. The predicted molar refractivity (Wildman–Crippen MR) is 63.6 cm³/mol. The lowest BCUT2D eigenvalue weighted by Gasteiger charge is -2.20. The predicted octanol–water partition coefficient (Wildman–Crippen LogP) is 2.58. The molecule has 2 N–H and O–H groups in total. The van der Waals surface area contributed by atoms with Crippen LogP contribution in [0.2, 0.25) is 5.15 Å². The Bertz CT molecular complexity index is 401. The van der Waals surface area contributed by atoms with Crippen LogP contribution in [0.15, 0.2) is 6.07 Å². The molecule has 4 nitrogen and oxygen atoms in total. The first-order valence-corrected chi connectivity index (χ1v) is 5.24. The standard InChI is InChI=1S/C11H15ClN2O2/c1-6-5-7(12)14-9(13)8(6)10(15)16-11(2,3)4/h5H,1-4H3,(H2,13,14). The second kappa shape index (κ2) is 4.29. The minimum atomic E-state index is -0.560. The summed E-state index contributed by atoms with van der Waals surface area (Å²) in [6.07, 6.45) is 0. The van der Waals surface area contributed by atoms with E-state index in [1.807, 2.05) is 0 Å². The molecular formula is C11H15ClN2O2. The molecule has 5 heteroatoms. The number of hydrogen-bond acceptors (Lipinski definition) is 4. The number of aryl methyl sites for hydroxylation is 1. The molecule has 1 aromatic rings.